The Bertz CT molecular complexity index is 551. The molecule has 0 aliphatic carbocycles. The van der Waals surface area contributed by atoms with Crippen molar-refractivity contribution in [3.8, 4) is 0 Å². The van der Waals surface area contributed by atoms with E-state index in [-0.39, 0.29) is 0 Å². The maximum atomic E-state index is 4.64. The smallest absolute Gasteiger partial charge is 0.146 e. The fraction of sp³-hybridized carbons (Fsp3) is 0.571. The van der Waals surface area contributed by atoms with Crippen molar-refractivity contribution in [2.45, 2.75) is 13.0 Å². The summed E-state index contributed by atoms with van der Waals surface area (Å²) in [4.78, 5) is 14.8. The molecule has 0 saturated heterocycles. The summed E-state index contributed by atoms with van der Waals surface area (Å²) < 4.78 is 0. The number of fused-ring (bicyclic) bond motifs is 1. The van der Waals surface area contributed by atoms with Crippen molar-refractivity contribution in [2.75, 3.05) is 46.6 Å². The highest BCUT2D eigenvalue weighted by molar-refractivity contribution is 7.16. The van der Waals surface area contributed by atoms with E-state index in [1.165, 1.54) is 0 Å². The van der Waals surface area contributed by atoms with Crippen molar-refractivity contribution < 1.29 is 0 Å². The molecule has 2 heterocycles. The standard InChI is InChI=1S/C14H23N5S/c1-15-13-11-6-9-20-14(11)17-12(16-13)10-19(4)8-5-7-18(2)3/h6,9H,5,7-8,10H2,1-4H3,(H,15,16,17). The average molecular weight is 293 g/mol. The number of nitrogens with zero attached hydrogens (tertiary/aromatic N) is 4. The largest absolute Gasteiger partial charge is 0.372 e. The summed E-state index contributed by atoms with van der Waals surface area (Å²) in [6, 6.07) is 2.07. The second-order valence-corrected chi connectivity index (χ2v) is 6.17. The van der Waals surface area contributed by atoms with Crippen LogP contribution in [-0.2, 0) is 6.54 Å². The van der Waals surface area contributed by atoms with Crippen molar-refractivity contribution in [3.05, 3.63) is 17.3 Å². The van der Waals surface area contributed by atoms with Crippen LogP contribution in [0.25, 0.3) is 10.2 Å². The molecule has 2 aromatic rings. The lowest BCUT2D eigenvalue weighted by Crippen LogP contribution is -2.24. The molecule has 5 nitrogen and oxygen atoms in total. The molecule has 0 atom stereocenters. The number of nitrogens with one attached hydrogen (secondary N) is 1. The number of hydrogen-bond donors (Lipinski definition) is 1. The third-order valence-electron chi connectivity index (χ3n) is 3.16. The molecule has 0 fully saturated rings. The van der Waals surface area contributed by atoms with Gasteiger partial charge in [-0.25, -0.2) is 9.97 Å². The van der Waals surface area contributed by atoms with E-state index in [1.807, 2.05) is 7.05 Å². The molecule has 0 amide bonds. The number of thiophene rings is 1. The molecule has 0 saturated carbocycles. The SMILES string of the molecule is CNc1nc(CN(C)CCCN(C)C)nc2sccc12. The lowest BCUT2D eigenvalue weighted by Gasteiger charge is -2.17. The molecular weight excluding hydrogens is 270 g/mol. The Labute approximate surface area is 124 Å². The van der Waals surface area contributed by atoms with Gasteiger partial charge in [0.1, 0.15) is 16.5 Å². The van der Waals surface area contributed by atoms with Gasteiger partial charge >= 0.3 is 0 Å². The van der Waals surface area contributed by atoms with E-state index in [1.54, 1.807) is 11.3 Å². The van der Waals surface area contributed by atoms with Crippen LogP contribution in [0.2, 0.25) is 0 Å². The first-order chi connectivity index (χ1) is 9.60. The minimum Gasteiger partial charge on any atom is -0.372 e. The first-order valence-electron chi connectivity index (χ1n) is 6.85. The van der Waals surface area contributed by atoms with Crippen LogP contribution in [-0.4, -0.2) is 61.0 Å². The first-order valence-corrected chi connectivity index (χ1v) is 7.73. The monoisotopic (exact) mass is 293 g/mol. The highest BCUT2D eigenvalue weighted by Gasteiger charge is 2.09. The molecular formula is C14H23N5S. The van der Waals surface area contributed by atoms with E-state index >= 15 is 0 Å². The van der Waals surface area contributed by atoms with Gasteiger partial charge in [-0.15, -0.1) is 11.3 Å². The van der Waals surface area contributed by atoms with Crippen LogP contribution in [0.1, 0.15) is 12.2 Å². The van der Waals surface area contributed by atoms with Gasteiger partial charge in [-0.2, -0.15) is 0 Å². The predicted octanol–water partition coefficient (Wildman–Crippen LogP) is 2.12. The highest BCUT2D eigenvalue weighted by Crippen LogP contribution is 2.24. The zero-order chi connectivity index (χ0) is 14.5. The quantitative estimate of drug-likeness (QED) is 0.847. The zero-order valence-corrected chi connectivity index (χ0v) is 13.5. The maximum Gasteiger partial charge on any atom is 0.146 e. The van der Waals surface area contributed by atoms with E-state index in [9.17, 15) is 0 Å². The summed E-state index contributed by atoms with van der Waals surface area (Å²) in [5.74, 6) is 1.81. The topological polar surface area (TPSA) is 44.3 Å². The number of aromatic nitrogens is 2. The Balaban J connectivity index is 2.01. The Hall–Kier alpha value is -1.24. The van der Waals surface area contributed by atoms with Gasteiger partial charge in [0.25, 0.3) is 0 Å². The molecule has 2 rings (SSSR count). The van der Waals surface area contributed by atoms with Crippen molar-refractivity contribution in [1.29, 1.82) is 0 Å². The van der Waals surface area contributed by atoms with Crippen LogP contribution in [0, 0.1) is 0 Å². The average Bonchev–Trinajstić information content (AvgIpc) is 2.85. The van der Waals surface area contributed by atoms with Gasteiger partial charge in [0.2, 0.25) is 0 Å². The van der Waals surface area contributed by atoms with Crippen LogP contribution >= 0.6 is 11.3 Å². The lowest BCUT2D eigenvalue weighted by molar-refractivity contribution is 0.289. The van der Waals surface area contributed by atoms with Gasteiger partial charge in [-0.1, -0.05) is 0 Å². The normalized spacial score (nSPS) is 11.7. The van der Waals surface area contributed by atoms with Crippen LogP contribution in [0.4, 0.5) is 5.82 Å². The number of hydrogen-bond acceptors (Lipinski definition) is 6. The van der Waals surface area contributed by atoms with Gasteiger partial charge in [-0.05, 0) is 52.1 Å². The molecule has 110 valence electrons. The minimum atomic E-state index is 0.788. The Morgan fingerprint density at radius 2 is 2.00 bits per heavy atom. The molecule has 0 spiro atoms. The number of anilines is 1. The summed E-state index contributed by atoms with van der Waals surface area (Å²) in [5.41, 5.74) is 0. The summed E-state index contributed by atoms with van der Waals surface area (Å²) in [6.07, 6.45) is 1.16. The van der Waals surface area contributed by atoms with Gasteiger partial charge in [-0.3, -0.25) is 4.90 Å². The molecule has 0 bridgehead atoms. The highest BCUT2D eigenvalue weighted by atomic mass is 32.1. The maximum absolute atomic E-state index is 4.64. The van der Waals surface area contributed by atoms with E-state index in [0.717, 1.165) is 47.9 Å². The molecule has 0 radical (unpaired) electrons. The second kappa shape index (κ2) is 6.97. The molecule has 0 unspecified atom stereocenters. The fourth-order valence-electron chi connectivity index (χ4n) is 2.14. The number of rotatable bonds is 7. The Morgan fingerprint density at radius 3 is 2.70 bits per heavy atom. The molecule has 2 aromatic heterocycles. The fourth-order valence-corrected chi connectivity index (χ4v) is 2.92. The predicted molar refractivity (Wildman–Crippen MR) is 86.5 cm³/mol. The molecule has 1 N–H and O–H groups in total. The molecule has 0 aliphatic heterocycles. The van der Waals surface area contributed by atoms with Crippen LogP contribution in [0.3, 0.4) is 0 Å². The van der Waals surface area contributed by atoms with Crippen LogP contribution in [0.15, 0.2) is 11.4 Å². The van der Waals surface area contributed by atoms with E-state index in [2.05, 4.69) is 57.7 Å². The minimum absolute atomic E-state index is 0.788. The molecule has 0 aromatic carbocycles. The van der Waals surface area contributed by atoms with Crippen molar-refractivity contribution in [2.24, 2.45) is 0 Å². The molecule has 0 aliphatic rings. The molecule has 6 heteroatoms. The Kier molecular flexibility index (Phi) is 5.28. The van der Waals surface area contributed by atoms with Crippen molar-refractivity contribution in [3.63, 3.8) is 0 Å². The van der Waals surface area contributed by atoms with Crippen LogP contribution in [0.5, 0.6) is 0 Å². The zero-order valence-electron chi connectivity index (χ0n) is 12.7. The van der Waals surface area contributed by atoms with Gasteiger partial charge in [0.05, 0.1) is 11.9 Å². The van der Waals surface area contributed by atoms with Gasteiger partial charge in [0.15, 0.2) is 0 Å². The van der Waals surface area contributed by atoms with Gasteiger partial charge in [0, 0.05) is 7.05 Å². The second-order valence-electron chi connectivity index (χ2n) is 5.27. The van der Waals surface area contributed by atoms with Crippen LogP contribution < -0.4 is 5.32 Å². The van der Waals surface area contributed by atoms with E-state index in [4.69, 9.17) is 0 Å². The summed E-state index contributed by atoms with van der Waals surface area (Å²) >= 11 is 1.66. The van der Waals surface area contributed by atoms with E-state index < -0.39 is 0 Å². The van der Waals surface area contributed by atoms with Crippen molar-refractivity contribution in [1.82, 2.24) is 19.8 Å². The van der Waals surface area contributed by atoms with Gasteiger partial charge < -0.3 is 10.2 Å². The lowest BCUT2D eigenvalue weighted by atomic mass is 10.3. The third-order valence-corrected chi connectivity index (χ3v) is 3.97. The third kappa shape index (κ3) is 3.88. The molecule has 20 heavy (non-hydrogen) atoms. The van der Waals surface area contributed by atoms with Crippen molar-refractivity contribution >= 4 is 27.4 Å². The summed E-state index contributed by atoms with van der Waals surface area (Å²) in [5, 5.41) is 6.33. The first kappa shape index (κ1) is 15.2. The summed E-state index contributed by atoms with van der Waals surface area (Å²) in [7, 11) is 8.24. The Morgan fingerprint density at radius 1 is 1.20 bits per heavy atom. The summed E-state index contributed by atoms with van der Waals surface area (Å²) in [6.45, 7) is 2.95. The van der Waals surface area contributed by atoms with E-state index in [0.29, 0.717) is 0 Å².